The van der Waals surface area contributed by atoms with E-state index in [-0.39, 0.29) is 0 Å². The Morgan fingerprint density at radius 2 is 1.42 bits per heavy atom. The van der Waals surface area contributed by atoms with Gasteiger partial charge in [-0.05, 0) is 48.3 Å². The van der Waals surface area contributed by atoms with Crippen molar-refractivity contribution in [3.8, 4) is 0 Å². The minimum absolute atomic E-state index is 0.766. The number of rotatable bonds is 13. The Hall–Kier alpha value is -1.30. The third-order valence-corrected chi connectivity index (χ3v) is 5.72. The van der Waals surface area contributed by atoms with Crippen LogP contribution in [0.1, 0.15) is 102 Å². The normalized spacial score (nSPS) is 16.7. The molecule has 0 saturated carbocycles. The van der Waals surface area contributed by atoms with Crippen LogP contribution in [0, 0.1) is 5.92 Å². The van der Waals surface area contributed by atoms with Crippen LogP contribution in [0.4, 0.5) is 0 Å². The number of aryl methyl sites for hydroxylation is 1. The molecule has 0 fully saturated rings. The van der Waals surface area contributed by atoms with E-state index in [9.17, 15) is 0 Å². The average molecular weight is 353 g/mol. The highest BCUT2D eigenvalue weighted by atomic mass is 14.1. The number of hydrogen-bond acceptors (Lipinski definition) is 0. The summed E-state index contributed by atoms with van der Waals surface area (Å²) in [4.78, 5) is 0. The molecule has 1 unspecified atom stereocenters. The highest BCUT2D eigenvalue weighted by molar-refractivity contribution is 5.75. The van der Waals surface area contributed by atoms with Crippen LogP contribution in [0.2, 0.25) is 0 Å². The molecule has 0 radical (unpaired) electrons. The van der Waals surface area contributed by atoms with E-state index in [1.165, 1.54) is 100 Å². The maximum Gasteiger partial charge on any atom is -0.0187 e. The average Bonchev–Trinajstić information content (AvgIpc) is 2.69. The summed E-state index contributed by atoms with van der Waals surface area (Å²) in [5, 5.41) is 0. The fraction of sp³-hybridized carbons (Fsp3) is 0.615. The van der Waals surface area contributed by atoms with Crippen LogP contribution in [-0.4, -0.2) is 0 Å². The fourth-order valence-electron chi connectivity index (χ4n) is 3.90. The van der Waals surface area contributed by atoms with E-state index in [0.717, 1.165) is 5.92 Å². The number of benzene rings is 1. The quantitative estimate of drug-likeness (QED) is 0.312. The van der Waals surface area contributed by atoms with Crippen LogP contribution in [0.25, 0.3) is 5.57 Å². The molecular formula is C26H40. The maximum absolute atomic E-state index is 2.45. The minimum atomic E-state index is 0.766. The van der Waals surface area contributed by atoms with Gasteiger partial charge >= 0.3 is 0 Å². The lowest BCUT2D eigenvalue weighted by atomic mass is 9.89. The molecule has 0 N–H and O–H groups in total. The van der Waals surface area contributed by atoms with E-state index in [0.29, 0.717) is 0 Å². The molecule has 144 valence electrons. The van der Waals surface area contributed by atoms with Crippen LogP contribution in [0.5, 0.6) is 0 Å². The van der Waals surface area contributed by atoms with Crippen LogP contribution in [-0.2, 0) is 6.42 Å². The Balaban J connectivity index is 1.70. The summed E-state index contributed by atoms with van der Waals surface area (Å²) in [6, 6.07) is 9.33. The first-order valence-electron chi connectivity index (χ1n) is 11.3. The van der Waals surface area contributed by atoms with E-state index in [1.54, 1.807) is 0 Å². The summed E-state index contributed by atoms with van der Waals surface area (Å²) in [7, 11) is 0. The third-order valence-electron chi connectivity index (χ3n) is 5.72. The van der Waals surface area contributed by atoms with Crippen molar-refractivity contribution in [2.45, 2.75) is 97.3 Å². The number of allylic oxidation sites excluding steroid dienone is 4. The Morgan fingerprint density at radius 3 is 2.08 bits per heavy atom. The van der Waals surface area contributed by atoms with Crippen LogP contribution >= 0.6 is 0 Å². The number of hydrogen-bond donors (Lipinski definition) is 0. The Kier molecular flexibility index (Phi) is 10.5. The largest absolute Gasteiger partial charge is 0.0805 e. The SMILES string of the molecule is CCCCCCCCc1ccc(C2=CCC(CCCCCC)C=C2)cc1. The highest BCUT2D eigenvalue weighted by Gasteiger charge is 2.09. The van der Waals surface area contributed by atoms with Gasteiger partial charge in [0.15, 0.2) is 0 Å². The van der Waals surface area contributed by atoms with Gasteiger partial charge in [-0.15, -0.1) is 0 Å². The topological polar surface area (TPSA) is 0 Å². The molecule has 0 nitrogen and oxygen atoms in total. The lowest BCUT2D eigenvalue weighted by Gasteiger charge is -2.16. The van der Waals surface area contributed by atoms with Gasteiger partial charge in [0.2, 0.25) is 0 Å². The van der Waals surface area contributed by atoms with E-state index in [4.69, 9.17) is 0 Å². The molecule has 1 atom stereocenters. The van der Waals surface area contributed by atoms with Crippen LogP contribution < -0.4 is 0 Å². The first kappa shape index (κ1) is 21.0. The van der Waals surface area contributed by atoms with Crippen molar-refractivity contribution in [2.24, 2.45) is 5.92 Å². The van der Waals surface area contributed by atoms with E-state index < -0.39 is 0 Å². The first-order valence-corrected chi connectivity index (χ1v) is 11.3. The van der Waals surface area contributed by atoms with Crippen LogP contribution in [0.3, 0.4) is 0 Å². The van der Waals surface area contributed by atoms with Gasteiger partial charge in [0.05, 0.1) is 0 Å². The second-order valence-electron chi connectivity index (χ2n) is 8.08. The van der Waals surface area contributed by atoms with Crippen molar-refractivity contribution in [1.29, 1.82) is 0 Å². The molecule has 0 amide bonds. The zero-order chi connectivity index (χ0) is 18.5. The summed E-state index contributed by atoms with van der Waals surface area (Å²) in [5.74, 6) is 0.766. The van der Waals surface area contributed by atoms with Crippen molar-refractivity contribution in [2.75, 3.05) is 0 Å². The zero-order valence-corrected chi connectivity index (χ0v) is 17.3. The van der Waals surface area contributed by atoms with Gasteiger partial charge in [-0.1, -0.05) is 114 Å². The molecule has 0 heteroatoms. The predicted molar refractivity (Wildman–Crippen MR) is 118 cm³/mol. The van der Waals surface area contributed by atoms with E-state index in [2.05, 4.69) is 56.3 Å². The molecule has 1 aliphatic rings. The van der Waals surface area contributed by atoms with Gasteiger partial charge in [-0.2, -0.15) is 0 Å². The molecule has 2 rings (SSSR count). The summed E-state index contributed by atoms with van der Waals surface area (Å²) in [6.07, 6.45) is 24.9. The zero-order valence-electron chi connectivity index (χ0n) is 17.3. The lowest BCUT2D eigenvalue weighted by molar-refractivity contribution is 0.532. The molecular weight excluding hydrogens is 312 g/mol. The van der Waals surface area contributed by atoms with Crippen molar-refractivity contribution < 1.29 is 0 Å². The maximum atomic E-state index is 2.45. The van der Waals surface area contributed by atoms with Gasteiger partial charge in [-0.3, -0.25) is 0 Å². The van der Waals surface area contributed by atoms with Gasteiger partial charge < -0.3 is 0 Å². The second kappa shape index (κ2) is 13.0. The van der Waals surface area contributed by atoms with Crippen molar-refractivity contribution >= 4 is 5.57 Å². The molecule has 1 aromatic carbocycles. The molecule has 0 aromatic heterocycles. The molecule has 0 saturated heterocycles. The molecule has 0 spiro atoms. The summed E-state index contributed by atoms with van der Waals surface area (Å²) in [5.41, 5.74) is 4.30. The fourth-order valence-corrected chi connectivity index (χ4v) is 3.90. The molecule has 26 heavy (non-hydrogen) atoms. The molecule has 0 aliphatic heterocycles. The number of unbranched alkanes of at least 4 members (excludes halogenated alkanes) is 8. The van der Waals surface area contributed by atoms with Gasteiger partial charge in [0.1, 0.15) is 0 Å². The summed E-state index contributed by atoms with van der Waals surface area (Å²) < 4.78 is 0. The van der Waals surface area contributed by atoms with Crippen molar-refractivity contribution in [3.05, 3.63) is 53.6 Å². The molecule has 1 aliphatic carbocycles. The monoisotopic (exact) mass is 352 g/mol. The minimum Gasteiger partial charge on any atom is -0.0805 e. The smallest absolute Gasteiger partial charge is 0.0187 e. The Bertz CT molecular complexity index is 532. The first-order chi connectivity index (χ1) is 12.8. The predicted octanol–water partition coefficient (Wildman–Crippen LogP) is 8.52. The Morgan fingerprint density at radius 1 is 0.769 bits per heavy atom. The van der Waals surface area contributed by atoms with Crippen LogP contribution in [0.15, 0.2) is 42.5 Å². The lowest BCUT2D eigenvalue weighted by Crippen LogP contribution is -2.00. The Labute approximate surface area is 162 Å². The van der Waals surface area contributed by atoms with Gasteiger partial charge in [0, 0.05) is 0 Å². The molecule has 0 heterocycles. The standard InChI is InChI=1S/C26H40/c1-3-5-7-9-10-12-14-24-17-21-26(22-18-24)25-19-15-23(16-20-25)13-11-8-6-4-2/h15,17-23H,3-14,16H2,1-2H3. The molecule has 1 aromatic rings. The third kappa shape index (κ3) is 7.94. The molecule has 0 bridgehead atoms. The van der Waals surface area contributed by atoms with E-state index in [1.807, 2.05) is 0 Å². The van der Waals surface area contributed by atoms with Crippen molar-refractivity contribution in [3.63, 3.8) is 0 Å². The van der Waals surface area contributed by atoms with Gasteiger partial charge in [-0.25, -0.2) is 0 Å². The van der Waals surface area contributed by atoms with Gasteiger partial charge in [0.25, 0.3) is 0 Å². The highest BCUT2D eigenvalue weighted by Crippen LogP contribution is 2.27. The summed E-state index contributed by atoms with van der Waals surface area (Å²) in [6.45, 7) is 4.57. The second-order valence-corrected chi connectivity index (χ2v) is 8.08. The van der Waals surface area contributed by atoms with Crippen molar-refractivity contribution in [1.82, 2.24) is 0 Å². The van der Waals surface area contributed by atoms with E-state index >= 15 is 0 Å². The summed E-state index contributed by atoms with van der Waals surface area (Å²) >= 11 is 0.